The number of amides is 1. The highest BCUT2D eigenvalue weighted by Gasteiger charge is 2.33. The number of H-pyrrole nitrogens is 1. The monoisotopic (exact) mass is 355 g/mol. The molecule has 2 heterocycles. The Morgan fingerprint density at radius 1 is 1.32 bits per heavy atom. The second kappa shape index (κ2) is 6.01. The third-order valence-electron chi connectivity index (χ3n) is 4.68. The van der Waals surface area contributed by atoms with E-state index in [2.05, 4.69) is 4.98 Å². The van der Waals surface area contributed by atoms with Crippen LogP contribution < -0.4 is 15.4 Å². The van der Waals surface area contributed by atoms with Crippen molar-refractivity contribution in [3.05, 3.63) is 53.7 Å². The summed E-state index contributed by atoms with van der Waals surface area (Å²) in [6.45, 7) is 0.555. The predicted octanol–water partition coefficient (Wildman–Crippen LogP) is 3.74. The van der Waals surface area contributed by atoms with Gasteiger partial charge in [0.05, 0.1) is 7.11 Å². The number of aromatic nitrogens is 1. The van der Waals surface area contributed by atoms with Gasteiger partial charge in [0.15, 0.2) is 0 Å². The van der Waals surface area contributed by atoms with E-state index in [0.717, 1.165) is 27.9 Å². The number of aromatic amines is 1. The molecule has 4 rings (SSSR count). The topological polar surface area (TPSA) is 71.4 Å². The van der Waals surface area contributed by atoms with Crippen molar-refractivity contribution in [2.75, 3.05) is 30.2 Å². The average Bonchev–Trinajstić information content (AvgIpc) is 3.21. The molecule has 0 saturated heterocycles. The first kappa shape index (κ1) is 15.8. The number of fused-ring (bicyclic) bond motifs is 2. The van der Waals surface area contributed by atoms with Crippen LogP contribution >= 0.6 is 11.6 Å². The SMILES string of the molecule is COc1ccc2[nH]c(C(=O)N3CC(CCl)c4ccc(N)cc43)cc2c1. The number of ether oxygens (including phenoxy) is 1. The minimum atomic E-state index is -0.0883. The van der Waals surface area contributed by atoms with Crippen LogP contribution in [0.25, 0.3) is 10.9 Å². The van der Waals surface area contributed by atoms with Crippen LogP contribution in [0.1, 0.15) is 22.0 Å². The minimum Gasteiger partial charge on any atom is -0.497 e. The van der Waals surface area contributed by atoms with E-state index < -0.39 is 0 Å². The summed E-state index contributed by atoms with van der Waals surface area (Å²) in [7, 11) is 1.62. The number of nitrogens with two attached hydrogens (primary N) is 1. The lowest BCUT2D eigenvalue weighted by Gasteiger charge is -2.17. The largest absolute Gasteiger partial charge is 0.497 e. The van der Waals surface area contributed by atoms with Gasteiger partial charge in [-0.25, -0.2) is 0 Å². The zero-order valence-electron chi connectivity index (χ0n) is 13.8. The number of halogens is 1. The first-order valence-electron chi connectivity index (χ1n) is 8.04. The molecule has 1 aliphatic heterocycles. The maximum atomic E-state index is 13.1. The molecule has 0 spiro atoms. The predicted molar refractivity (Wildman–Crippen MR) is 101 cm³/mol. The van der Waals surface area contributed by atoms with Crippen molar-refractivity contribution < 1.29 is 9.53 Å². The summed E-state index contributed by atoms with van der Waals surface area (Å²) >= 11 is 6.10. The Bertz CT molecular complexity index is 966. The molecule has 3 aromatic rings. The zero-order chi connectivity index (χ0) is 17.6. The lowest BCUT2D eigenvalue weighted by molar-refractivity contribution is 0.0984. The lowest BCUT2D eigenvalue weighted by Crippen LogP contribution is -2.30. The Hall–Kier alpha value is -2.66. The number of benzene rings is 2. The first-order valence-corrected chi connectivity index (χ1v) is 8.58. The summed E-state index contributed by atoms with van der Waals surface area (Å²) < 4.78 is 5.24. The van der Waals surface area contributed by atoms with Gasteiger partial charge in [-0.2, -0.15) is 0 Å². The molecule has 0 saturated carbocycles. The van der Waals surface area contributed by atoms with Crippen molar-refractivity contribution in [1.29, 1.82) is 0 Å². The highest BCUT2D eigenvalue weighted by molar-refractivity contribution is 6.19. The first-order chi connectivity index (χ1) is 12.1. The van der Waals surface area contributed by atoms with E-state index in [1.54, 1.807) is 12.0 Å². The molecule has 1 atom stereocenters. The summed E-state index contributed by atoms with van der Waals surface area (Å²) in [5.74, 6) is 1.25. The molecule has 1 unspecified atom stereocenters. The normalized spacial score (nSPS) is 16.2. The molecule has 128 valence electrons. The van der Waals surface area contributed by atoms with Crippen molar-refractivity contribution in [3.63, 3.8) is 0 Å². The van der Waals surface area contributed by atoms with E-state index in [9.17, 15) is 4.79 Å². The Kier molecular flexibility index (Phi) is 3.81. The number of nitrogens with one attached hydrogen (secondary N) is 1. The van der Waals surface area contributed by atoms with Crippen LogP contribution in [0.5, 0.6) is 5.75 Å². The van der Waals surface area contributed by atoms with Crippen LogP contribution in [-0.4, -0.2) is 30.4 Å². The van der Waals surface area contributed by atoms with Crippen molar-refractivity contribution in [1.82, 2.24) is 4.98 Å². The molecule has 1 amide bonds. The van der Waals surface area contributed by atoms with Crippen molar-refractivity contribution in [2.45, 2.75) is 5.92 Å². The summed E-state index contributed by atoms with van der Waals surface area (Å²) in [6.07, 6.45) is 0. The number of nitrogen functional groups attached to an aromatic ring is 1. The van der Waals surface area contributed by atoms with Gasteiger partial charge in [-0.15, -0.1) is 11.6 Å². The van der Waals surface area contributed by atoms with E-state index in [0.29, 0.717) is 23.8 Å². The fourth-order valence-corrected chi connectivity index (χ4v) is 3.64. The van der Waals surface area contributed by atoms with Crippen LogP contribution in [0.3, 0.4) is 0 Å². The van der Waals surface area contributed by atoms with Gasteiger partial charge in [0.1, 0.15) is 11.4 Å². The molecule has 1 aliphatic rings. The Labute approximate surface area is 150 Å². The average molecular weight is 356 g/mol. The maximum absolute atomic E-state index is 13.1. The molecule has 0 fully saturated rings. The summed E-state index contributed by atoms with van der Waals surface area (Å²) in [5, 5.41) is 0.934. The number of carbonyl (C=O) groups excluding carboxylic acids is 1. The fraction of sp³-hybridized carbons (Fsp3) is 0.211. The number of hydrogen-bond acceptors (Lipinski definition) is 3. The van der Waals surface area contributed by atoms with Gasteiger partial charge >= 0.3 is 0 Å². The number of methoxy groups -OCH3 is 1. The van der Waals surface area contributed by atoms with Gasteiger partial charge in [-0.05, 0) is 42.0 Å². The quantitative estimate of drug-likeness (QED) is 0.555. The number of alkyl halides is 1. The third-order valence-corrected chi connectivity index (χ3v) is 5.05. The van der Waals surface area contributed by atoms with Crippen molar-refractivity contribution in [2.24, 2.45) is 0 Å². The molecule has 1 aromatic heterocycles. The molecule has 3 N–H and O–H groups in total. The van der Waals surface area contributed by atoms with E-state index in [1.807, 2.05) is 42.5 Å². The van der Waals surface area contributed by atoms with Gasteiger partial charge in [-0.3, -0.25) is 4.79 Å². The van der Waals surface area contributed by atoms with Gasteiger partial charge in [0.25, 0.3) is 5.91 Å². The van der Waals surface area contributed by atoms with E-state index in [4.69, 9.17) is 22.1 Å². The number of anilines is 2. The summed E-state index contributed by atoms with van der Waals surface area (Å²) in [5.41, 5.74) is 9.88. The van der Waals surface area contributed by atoms with E-state index in [-0.39, 0.29) is 11.8 Å². The molecule has 6 heteroatoms. The Balaban J connectivity index is 1.73. The van der Waals surface area contributed by atoms with Crippen LogP contribution in [0.15, 0.2) is 42.5 Å². The van der Waals surface area contributed by atoms with Gasteiger partial charge in [0, 0.05) is 40.6 Å². The van der Waals surface area contributed by atoms with Crippen LogP contribution in [0.2, 0.25) is 0 Å². The number of rotatable bonds is 3. The number of carbonyl (C=O) groups is 1. The van der Waals surface area contributed by atoms with E-state index in [1.165, 1.54) is 0 Å². The Morgan fingerprint density at radius 2 is 2.16 bits per heavy atom. The van der Waals surface area contributed by atoms with Crippen molar-refractivity contribution in [3.8, 4) is 5.75 Å². The minimum absolute atomic E-state index is 0.0883. The smallest absolute Gasteiger partial charge is 0.274 e. The molecule has 2 aromatic carbocycles. The molecule has 0 aliphatic carbocycles. The molecule has 0 radical (unpaired) electrons. The van der Waals surface area contributed by atoms with Crippen molar-refractivity contribution >= 4 is 39.8 Å². The zero-order valence-corrected chi connectivity index (χ0v) is 14.5. The van der Waals surface area contributed by atoms with E-state index >= 15 is 0 Å². The molecule has 5 nitrogen and oxygen atoms in total. The lowest BCUT2D eigenvalue weighted by atomic mass is 10.0. The molecule has 25 heavy (non-hydrogen) atoms. The van der Waals surface area contributed by atoms with Gasteiger partial charge in [0.2, 0.25) is 0 Å². The Morgan fingerprint density at radius 3 is 2.92 bits per heavy atom. The van der Waals surface area contributed by atoms with Crippen LogP contribution in [0.4, 0.5) is 11.4 Å². The number of nitrogens with zero attached hydrogens (tertiary/aromatic N) is 1. The fourth-order valence-electron chi connectivity index (χ4n) is 3.38. The molecule has 0 bridgehead atoms. The summed E-state index contributed by atoms with van der Waals surface area (Å²) in [4.78, 5) is 18.0. The third kappa shape index (κ3) is 2.61. The standard InChI is InChI=1S/C19H18ClN3O2/c1-25-14-3-5-16-11(6-14)7-17(22-16)19(24)23-10-12(9-20)15-4-2-13(21)8-18(15)23/h2-8,12,22H,9-10,21H2,1H3. The molecular formula is C19H18ClN3O2. The summed E-state index contributed by atoms with van der Waals surface area (Å²) in [6, 6.07) is 13.2. The number of hydrogen-bond donors (Lipinski definition) is 2. The maximum Gasteiger partial charge on any atom is 0.274 e. The van der Waals surface area contributed by atoms with Crippen LogP contribution in [-0.2, 0) is 0 Å². The van der Waals surface area contributed by atoms with Crippen LogP contribution in [0, 0.1) is 0 Å². The highest BCUT2D eigenvalue weighted by Crippen LogP contribution is 2.39. The second-order valence-corrected chi connectivity index (χ2v) is 6.53. The highest BCUT2D eigenvalue weighted by atomic mass is 35.5. The second-order valence-electron chi connectivity index (χ2n) is 6.22. The van der Waals surface area contributed by atoms with Gasteiger partial charge in [-0.1, -0.05) is 6.07 Å². The molecular weight excluding hydrogens is 338 g/mol. The van der Waals surface area contributed by atoms with Gasteiger partial charge < -0.3 is 20.4 Å².